The highest BCUT2D eigenvalue weighted by Gasteiger charge is 2.56. The number of hydrogen-bond donors (Lipinski definition) is 1. The Labute approximate surface area is 302 Å². The SMILES string of the molecule is C=CCCS[C@H]1O[C@H]([C@H](N[S+]([O-])C(C)(C)C)[C@@H](C)C=C)[C@H](OC(=O)c2ccccc2)[C@H](OC(=O)c2ccccc2)[C@H]1OC(=O)c1ccccc1. The van der Waals surface area contributed by atoms with Gasteiger partial charge in [-0.05, 0) is 75.3 Å². The number of ether oxygens (including phenoxy) is 4. The van der Waals surface area contributed by atoms with Gasteiger partial charge in [0.05, 0.1) is 22.7 Å². The van der Waals surface area contributed by atoms with Gasteiger partial charge in [-0.2, -0.15) is 0 Å². The summed E-state index contributed by atoms with van der Waals surface area (Å²) in [6.45, 7) is 15.2. The lowest BCUT2D eigenvalue weighted by Crippen LogP contribution is -2.67. The second-order valence-electron chi connectivity index (χ2n) is 12.7. The Bertz CT molecular complexity index is 1570. The van der Waals surface area contributed by atoms with E-state index in [4.69, 9.17) is 18.9 Å². The summed E-state index contributed by atoms with van der Waals surface area (Å²) in [6, 6.07) is 24.4. The van der Waals surface area contributed by atoms with Gasteiger partial charge in [0.2, 0.25) is 0 Å². The highest BCUT2D eigenvalue weighted by atomic mass is 32.2. The molecule has 0 amide bonds. The lowest BCUT2D eigenvalue weighted by molar-refractivity contribution is -0.207. The fourth-order valence-corrected chi connectivity index (χ4v) is 7.23. The standard InChI is InChI=1S/C39H45NO8S2/c1-7-9-25-49-38-34(47-37(43)29-23-17-12-18-24-29)33(46-36(42)28-21-15-11-16-22-28)32(45-35(41)27-19-13-10-14-20-27)31(48-38)30(26(3)8-2)40-50(44)39(4,5)6/h7-8,10-24,26,30-34,38,40H,1-2,9,25H2,3-6H3/t26-,30+,31+,32-,33-,34+,38+,50?/m0/s1. The van der Waals surface area contributed by atoms with Crippen molar-refractivity contribution >= 4 is 41.0 Å². The van der Waals surface area contributed by atoms with E-state index in [0.717, 1.165) is 0 Å². The minimum atomic E-state index is -1.60. The molecule has 0 spiro atoms. The maximum Gasteiger partial charge on any atom is 0.338 e. The summed E-state index contributed by atoms with van der Waals surface area (Å²) in [6.07, 6.45) is -0.931. The second kappa shape index (κ2) is 18.4. The molecule has 8 atom stereocenters. The summed E-state index contributed by atoms with van der Waals surface area (Å²) < 4.78 is 41.6. The highest BCUT2D eigenvalue weighted by molar-refractivity contribution is 7.99. The topological polar surface area (TPSA) is 123 Å². The third-order valence-electron chi connectivity index (χ3n) is 7.98. The van der Waals surface area contributed by atoms with Gasteiger partial charge in [-0.1, -0.05) is 73.7 Å². The van der Waals surface area contributed by atoms with Crippen LogP contribution in [0.1, 0.15) is 65.2 Å². The molecule has 0 aromatic heterocycles. The van der Waals surface area contributed by atoms with Crippen LogP contribution in [0, 0.1) is 5.92 Å². The smallest absolute Gasteiger partial charge is 0.338 e. The zero-order valence-electron chi connectivity index (χ0n) is 28.8. The van der Waals surface area contributed by atoms with Gasteiger partial charge < -0.3 is 23.5 Å². The average molecular weight is 720 g/mol. The first-order valence-corrected chi connectivity index (χ1v) is 18.6. The zero-order chi connectivity index (χ0) is 36.3. The molecule has 0 aliphatic carbocycles. The maximum absolute atomic E-state index is 13.8. The Morgan fingerprint density at radius 2 is 1.26 bits per heavy atom. The van der Waals surface area contributed by atoms with Crippen molar-refractivity contribution in [1.82, 2.24) is 4.72 Å². The van der Waals surface area contributed by atoms with Gasteiger partial charge in [-0.3, -0.25) is 0 Å². The number of nitrogens with one attached hydrogen (secondary N) is 1. The molecule has 266 valence electrons. The third kappa shape index (κ3) is 10.3. The van der Waals surface area contributed by atoms with Crippen molar-refractivity contribution in [2.75, 3.05) is 5.75 Å². The van der Waals surface area contributed by atoms with Gasteiger partial charge in [0.25, 0.3) is 0 Å². The molecule has 0 radical (unpaired) electrons. The first-order valence-electron chi connectivity index (χ1n) is 16.4. The Balaban J connectivity index is 1.88. The Hall–Kier alpha value is -3.87. The molecule has 1 aliphatic heterocycles. The summed E-state index contributed by atoms with van der Waals surface area (Å²) in [5, 5.41) is 0. The van der Waals surface area contributed by atoms with E-state index in [-0.39, 0.29) is 22.6 Å². The summed E-state index contributed by atoms with van der Waals surface area (Å²) in [5.74, 6) is -1.96. The Morgan fingerprint density at radius 1 is 0.820 bits per heavy atom. The summed E-state index contributed by atoms with van der Waals surface area (Å²) >= 11 is -0.255. The van der Waals surface area contributed by atoms with E-state index in [1.807, 2.05) is 27.7 Å². The largest absolute Gasteiger partial charge is 0.598 e. The molecule has 1 N–H and O–H groups in total. The van der Waals surface area contributed by atoms with E-state index < -0.39 is 69.9 Å². The molecular formula is C39H45NO8S2. The van der Waals surface area contributed by atoms with Crippen LogP contribution in [0.5, 0.6) is 0 Å². The molecule has 1 fully saturated rings. The number of benzene rings is 3. The number of hydrogen-bond acceptors (Lipinski definition) is 10. The van der Waals surface area contributed by atoms with Crippen molar-refractivity contribution in [2.24, 2.45) is 5.92 Å². The molecule has 9 nitrogen and oxygen atoms in total. The number of rotatable bonds is 15. The Kier molecular flexibility index (Phi) is 14.3. The molecule has 1 saturated heterocycles. The van der Waals surface area contributed by atoms with Crippen LogP contribution in [0.4, 0.5) is 0 Å². The van der Waals surface area contributed by atoms with Gasteiger partial charge >= 0.3 is 17.9 Å². The molecule has 1 aliphatic rings. The lowest BCUT2D eigenvalue weighted by atomic mass is 9.88. The highest BCUT2D eigenvalue weighted by Crippen LogP contribution is 2.38. The number of carbonyl (C=O) groups is 3. The van der Waals surface area contributed by atoms with Gasteiger partial charge in [-0.15, -0.1) is 29.6 Å². The second-order valence-corrected chi connectivity index (χ2v) is 15.9. The number of carbonyl (C=O) groups excluding carboxylic acids is 3. The van der Waals surface area contributed by atoms with E-state index in [1.54, 1.807) is 103 Å². The fourth-order valence-electron chi connectivity index (χ4n) is 5.14. The third-order valence-corrected chi connectivity index (χ3v) is 10.8. The van der Waals surface area contributed by atoms with E-state index >= 15 is 0 Å². The monoisotopic (exact) mass is 719 g/mol. The van der Waals surface area contributed by atoms with Gasteiger partial charge in [-0.25, -0.2) is 14.4 Å². The van der Waals surface area contributed by atoms with Crippen molar-refractivity contribution in [1.29, 1.82) is 0 Å². The molecule has 3 aromatic rings. The molecule has 1 unspecified atom stereocenters. The first kappa shape index (κ1) is 38.9. The predicted octanol–water partition coefficient (Wildman–Crippen LogP) is 6.94. The van der Waals surface area contributed by atoms with Crippen molar-refractivity contribution in [3.8, 4) is 0 Å². The van der Waals surface area contributed by atoms with Crippen molar-refractivity contribution < 1.29 is 37.9 Å². The summed E-state index contributed by atoms with van der Waals surface area (Å²) in [4.78, 5) is 41.3. The van der Waals surface area contributed by atoms with Crippen LogP contribution in [0.25, 0.3) is 0 Å². The van der Waals surface area contributed by atoms with Crippen molar-refractivity contribution in [3.05, 3.63) is 133 Å². The van der Waals surface area contributed by atoms with E-state index in [2.05, 4.69) is 17.9 Å². The van der Waals surface area contributed by atoms with Gasteiger partial charge in [0.1, 0.15) is 16.3 Å². The average Bonchev–Trinajstić information content (AvgIpc) is 3.12. The molecule has 50 heavy (non-hydrogen) atoms. The molecule has 4 rings (SSSR count). The molecule has 3 aromatic carbocycles. The number of thioether (sulfide) groups is 1. The lowest BCUT2D eigenvalue weighted by Gasteiger charge is -2.47. The molecular weight excluding hydrogens is 675 g/mol. The van der Waals surface area contributed by atoms with E-state index in [9.17, 15) is 18.9 Å². The Morgan fingerprint density at radius 3 is 1.68 bits per heavy atom. The minimum Gasteiger partial charge on any atom is -0.598 e. The fraction of sp³-hybridized carbons (Fsp3) is 0.359. The van der Waals surface area contributed by atoms with Crippen LogP contribution in [0.2, 0.25) is 0 Å². The van der Waals surface area contributed by atoms with Crippen LogP contribution in [-0.4, -0.2) is 68.9 Å². The summed E-state index contributed by atoms with van der Waals surface area (Å²) in [5.41, 5.74) is -0.136. The predicted molar refractivity (Wildman–Crippen MR) is 197 cm³/mol. The molecule has 0 saturated carbocycles. The first-order chi connectivity index (χ1) is 23.9. The normalized spacial score (nSPS) is 22.3. The van der Waals surface area contributed by atoms with Gasteiger partial charge in [0, 0.05) is 11.4 Å². The summed E-state index contributed by atoms with van der Waals surface area (Å²) in [7, 11) is 0. The van der Waals surface area contributed by atoms with Crippen molar-refractivity contribution in [2.45, 2.75) is 74.8 Å². The number of esters is 3. The molecule has 0 bridgehead atoms. The molecule has 11 heteroatoms. The zero-order valence-corrected chi connectivity index (χ0v) is 30.4. The van der Waals surface area contributed by atoms with Crippen LogP contribution in [0.3, 0.4) is 0 Å². The van der Waals surface area contributed by atoms with Gasteiger partial charge in [0.15, 0.2) is 18.3 Å². The van der Waals surface area contributed by atoms with Crippen molar-refractivity contribution in [3.63, 3.8) is 0 Å². The van der Waals surface area contributed by atoms with Crippen LogP contribution < -0.4 is 4.72 Å². The number of allylic oxidation sites excluding steroid dienone is 1. The van der Waals surface area contributed by atoms with E-state index in [1.165, 1.54) is 11.8 Å². The quantitative estimate of drug-likeness (QED) is 0.0581. The van der Waals surface area contributed by atoms with E-state index in [0.29, 0.717) is 12.2 Å². The maximum atomic E-state index is 13.8. The minimum absolute atomic E-state index is 0.246. The molecule has 1 heterocycles. The van der Waals surface area contributed by atoms with Crippen LogP contribution >= 0.6 is 11.8 Å². The van der Waals surface area contributed by atoms with Crippen LogP contribution in [-0.2, 0) is 30.3 Å². The van der Waals surface area contributed by atoms with Crippen LogP contribution in [0.15, 0.2) is 116 Å².